The van der Waals surface area contributed by atoms with E-state index in [1.165, 1.54) is 13.8 Å². The van der Waals surface area contributed by atoms with Crippen LogP contribution < -0.4 is 5.32 Å². The fourth-order valence-electron chi connectivity index (χ4n) is 1.33. The number of nitrogens with one attached hydrogen (secondary N) is 1. The molecule has 0 bridgehead atoms. The fraction of sp³-hybridized carbons (Fsp3) is 0.786. The Labute approximate surface area is 119 Å². The lowest BCUT2D eigenvalue weighted by atomic mass is 9.87. The highest BCUT2D eigenvalue weighted by molar-refractivity contribution is 5.91. The van der Waals surface area contributed by atoms with Crippen molar-refractivity contribution in [3.63, 3.8) is 0 Å². The van der Waals surface area contributed by atoms with Crippen LogP contribution >= 0.6 is 0 Å². The molecule has 0 rings (SSSR count). The molecule has 20 heavy (non-hydrogen) atoms. The second kappa shape index (κ2) is 5.81. The first kappa shape index (κ1) is 18.4. The van der Waals surface area contributed by atoms with Gasteiger partial charge in [-0.2, -0.15) is 0 Å². The average Bonchev–Trinajstić information content (AvgIpc) is 2.11. The summed E-state index contributed by atoms with van der Waals surface area (Å²) in [6.45, 7) is 11.1. The number of hydrogen-bond donors (Lipinski definition) is 2. The Bertz CT molecular complexity index is 404. The van der Waals surface area contributed by atoms with E-state index in [-0.39, 0.29) is 6.42 Å². The molecular formula is C14H25NO5. The molecule has 0 aliphatic heterocycles. The zero-order valence-corrected chi connectivity index (χ0v) is 13.3. The first-order chi connectivity index (χ1) is 8.67. The van der Waals surface area contributed by atoms with Crippen LogP contribution in [0.4, 0.5) is 0 Å². The van der Waals surface area contributed by atoms with Crippen LogP contribution in [0.2, 0.25) is 0 Å². The van der Waals surface area contributed by atoms with Crippen molar-refractivity contribution in [2.45, 2.75) is 66.0 Å². The van der Waals surface area contributed by atoms with Crippen molar-refractivity contribution in [2.75, 3.05) is 0 Å². The molecule has 0 spiro atoms. The van der Waals surface area contributed by atoms with Crippen molar-refractivity contribution >= 4 is 17.8 Å². The first-order valence-corrected chi connectivity index (χ1v) is 6.45. The lowest BCUT2D eigenvalue weighted by molar-refractivity contribution is -0.159. The molecule has 0 aromatic heterocycles. The van der Waals surface area contributed by atoms with E-state index in [0.29, 0.717) is 0 Å². The number of hydrogen-bond acceptors (Lipinski definition) is 4. The third kappa shape index (κ3) is 6.04. The van der Waals surface area contributed by atoms with E-state index < -0.39 is 34.4 Å². The second-order valence-corrected chi connectivity index (χ2v) is 7.03. The predicted octanol–water partition coefficient (Wildman–Crippen LogP) is 1.72. The maximum atomic E-state index is 12.1. The highest BCUT2D eigenvalue weighted by atomic mass is 16.6. The minimum Gasteiger partial charge on any atom is -0.480 e. The van der Waals surface area contributed by atoms with Crippen LogP contribution in [0.3, 0.4) is 0 Å². The monoisotopic (exact) mass is 287 g/mol. The van der Waals surface area contributed by atoms with E-state index in [4.69, 9.17) is 9.84 Å². The molecule has 0 unspecified atom stereocenters. The number of rotatable bonds is 5. The number of amides is 1. The van der Waals surface area contributed by atoms with Crippen molar-refractivity contribution in [3.05, 3.63) is 0 Å². The van der Waals surface area contributed by atoms with Gasteiger partial charge >= 0.3 is 11.9 Å². The summed E-state index contributed by atoms with van der Waals surface area (Å²) in [5.74, 6) is -2.14. The first-order valence-electron chi connectivity index (χ1n) is 6.45. The molecular weight excluding hydrogens is 262 g/mol. The van der Waals surface area contributed by atoms with Crippen LogP contribution in [0.25, 0.3) is 0 Å². The van der Waals surface area contributed by atoms with Crippen LogP contribution in [0.15, 0.2) is 0 Å². The molecule has 0 fully saturated rings. The van der Waals surface area contributed by atoms with Gasteiger partial charge in [0.25, 0.3) is 0 Å². The molecule has 0 aromatic rings. The number of carbonyl (C=O) groups is 3. The Balaban J connectivity index is 4.77. The van der Waals surface area contributed by atoms with Crippen molar-refractivity contribution in [3.8, 4) is 0 Å². The van der Waals surface area contributed by atoms with E-state index in [9.17, 15) is 14.4 Å². The van der Waals surface area contributed by atoms with Gasteiger partial charge in [-0.1, -0.05) is 13.8 Å². The van der Waals surface area contributed by atoms with Gasteiger partial charge in [0.1, 0.15) is 11.1 Å². The van der Waals surface area contributed by atoms with Gasteiger partial charge in [0.2, 0.25) is 5.91 Å². The van der Waals surface area contributed by atoms with Gasteiger partial charge in [-0.3, -0.25) is 9.59 Å². The minimum absolute atomic E-state index is 0.119. The molecule has 0 saturated heterocycles. The number of carboxylic acid groups (broad SMARTS) is 1. The van der Waals surface area contributed by atoms with E-state index in [1.807, 2.05) is 0 Å². The van der Waals surface area contributed by atoms with Gasteiger partial charge in [-0.25, -0.2) is 4.79 Å². The number of carbonyl (C=O) groups excluding carboxylic acids is 2. The summed E-state index contributed by atoms with van der Waals surface area (Å²) in [6, 6.07) is 0. The smallest absolute Gasteiger partial charge is 0.328 e. The zero-order valence-electron chi connectivity index (χ0n) is 13.3. The van der Waals surface area contributed by atoms with Crippen molar-refractivity contribution in [2.24, 2.45) is 5.41 Å². The summed E-state index contributed by atoms with van der Waals surface area (Å²) >= 11 is 0. The molecule has 1 amide bonds. The van der Waals surface area contributed by atoms with Crippen LogP contribution in [0, 0.1) is 5.41 Å². The molecule has 0 heterocycles. The number of ether oxygens (including phenoxy) is 1. The molecule has 0 radical (unpaired) electrons. The average molecular weight is 287 g/mol. The number of aliphatic carboxylic acids is 1. The lowest BCUT2D eigenvalue weighted by Gasteiger charge is -2.29. The normalized spacial score (nSPS) is 12.8. The van der Waals surface area contributed by atoms with Crippen LogP contribution in [-0.2, 0) is 19.1 Å². The molecule has 0 atom stereocenters. The molecule has 0 aromatic carbocycles. The van der Waals surface area contributed by atoms with Crippen molar-refractivity contribution in [1.82, 2.24) is 5.32 Å². The fourth-order valence-corrected chi connectivity index (χ4v) is 1.33. The van der Waals surface area contributed by atoms with Gasteiger partial charge in [-0.15, -0.1) is 0 Å². The Morgan fingerprint density at radius 1 is 1.00 bits per heavy atom. The van der Waals surface area contributed by atoms with Gasteiger partial charge in [0.15, 0.2) is 0 Å². The zero-order chi connectivity index (χ0) is 16.4. The topological polar surface area (TPSA) is 92.7 Å². The summed E-state index contributed by atoms with van der Waals surface area (Å²) in [4.78, 5) is 34.9. The van der Waals surface area contributed by atoms with Gasteiger partial charge in [0.05, 0.1) is 11.8 Å². The van der Waals surface area contributed by atoms with Crippen LogP contribution in [-0.4, -0.2) is 34.1 Å². The predicted molar refractivity (Wildman–Crippen MR) is 74.1 cm³/mol. The summed E-state index contributed by atoms with van der Waals surface area (Å²) in [5.41, 5.74) is -3.05. The molecule has 6 heteroatoms. The highest BCUT2D eigenvalue weighted by Gasteiger charge is 2.38. The van der Waals surface area contributed by atoms with E-state index in [2.05, 4.69) is 5.32 Å². The Morgan fingerprint density at radius 3 is 1.80 bits per heavy atom. The summed E-state index contributed by atoms with van der Waals surface area (Å²) in [7, 11) is 0. The SMILES string of the molecule is CC(C)(C)OC(=O)CC(C)(C)C(=O)NC(C)(C)C(=O)O. The Hall–Kier alpha value is -1.59. The van der Waals surface area contributed by atoms with Crippen molar-refractivity contribution < 1.29 is 24.2 Å². The lowest BCUT2D eigenvalue weighted by Crippen LogP contribution is -2.54. The third-order valence-electron chi connectivity index (χ3n) is 2.58. The Kier molecular flexibility index (Phi) is 5.35. The van der Waals surface area contributed by atoms with E-state index >= 15 is 0 Å². The van der Waals surface area contributed by atoms with Crippen LogP contribution in [0.5, 0.6) is 0 Å². The van der Waals surface area contributed by atoms with Crippen molar-refractivity contribution in [1.29, 1.82) is 0 Å². The number of carboxylic acids is 1. The maximum Gasteiger partial charge on any atom is 0.328 e. The summed E-state index contributed by atoms with van der Waals surface area (Å²) in [6.07, 6.45) is -0.119. The molecule has 0 aliphatic rings. The standard InChI is InChI=1S/C14H25NO5/c1-12(2,3)20-9(16)8-13(4,5)10(17)15-14(6,7)11(18)19/h8H2,1-7H3,(H,15,17)(H,18,19). The summed E-state index contributed by atoms with van der Waals surface area (Å²) < 4.78 is 5.17. The number of esters is 1. The quantitative estimate of drug-likeness (QED) is 0.751. The van der Waals surface area contributed by atoms with E-state index in [0.717, 1.165) is 0 Å². The largest absolute Gasteiger partial charge is 0.480 e. The third-order valence-corrected chi connectivity index (χ3v) is 2.58. The summed E-state index contributed by atoms with van der Waals surface area (Å²) in [5, 5.41) is 11.4. The highest BCUT2D eigenvalue weighted by Crippen LogP contribution is 2.24. The molecule has 0 saturated carbocycles. The minimum atomic E-state index is -1.39. The van der Waals surface area contributed by atoms with Gasteiger partial charge < -0.3 is 15.2 Å². The van der Waals surface area contributed by atoms with Crippen LogP contribution in [0.1, 0.15) is 54.9 Å². The Morgan fingerprint density at radius 2 is 1.45 bits per heavy atom. The second-order valence-electron chi connectivity index (χ2n) is 7.03. The van der Waals surface area contributed by atoms with Gasteiger partial charge in [0, 0.05) is 0 Å². The molecule has 116 valence electrons. The van der Waals surface area contributed by atoms with E-state index in [1.54, 1.807) is 34.6 Å². The maximum absolute atomic E-state index is 12.1. The molecule has 6 nitrogen and oxygen atoms in total. The molecule has 2 N–H and O–H groups in total. The molecule has 0 aliphatic carbocycles. The van der Waals surface area contributed by atoms with Gasteiger partial charge in [-0.05, 0) is 34.6 Å².